The van der Waals surface area contributed by atoms with Crippen LogP contribution in [0.5, 0.6) is 0 Å². The van der Waals surface area contributed by atoms with Crippen molar-refractivity contribution >= 4 is 56.2 Å². The number of thiazole rings is 1. The Bertz CT molecular complexity index is 1580. The van der Waals surface area contributed by atoms with Crippen molar-refractivity contribution in [1.82, 2.24) is 44.7 Å². The molecule has 4 heterocycles. The van der Waals surface area contributed by atoms with Crippen LogP contribution in [0.2, 0.25) is 0 Å². The number of nitrogens with two attached hydrogens (primary N) is 1. The number of nitrogen functional groups attached to an aromatic ring is 1. The van der Waals surface area contributed by atoms with Crippen LogP contribution in [0.25, 0.3) is 0 Å². The lowest BCUT2D eigenvalue weighted by molar-refractivity contribution is -0.161. The minimum absolute atomic E-state index is 0.0294. The Balaban J connectivity index is 1.44. The zero-order chi connectivity index (χ0) is 33.1. The summed E-state index contributed by atoms with van der Waals surface area (Å²) >= 11 is 0.949. The number of carbonyl (C=O) groups excluding carboxylic acids is 3. The quantitative estimate of drug-likeness (QED) is 0.0613. The SMILES string of the molecule is CN1CCN(CC(=O)NCc2cn(CC3C(NC(=O)C(=NOC(C)(C)C(=O)O)c4csc(N)n4)C(=O)N3S(=O)(=O)O)nn2)CC1. The summed E-state index contributed by atoms with van der Waals surface area (Å²) in [5, 5.41) is 27.3. The molecule has 3 amide bonds. The van der Waals surface area contributed by atoms with Gasteiger partial charge in [0.05, 0.1) is 31.9 Å². The highest BCUT2D eigenvalue weighted by Gasteiger charge is 2.54. The van der Waals surface area contributed by atoms with E-state index in [1.807, 2.05) is 11.9 Å². The number of hydrogen-bond acceptors (Lipinski definition) is 15. The number of carboxylic acid groups (broad SMARTS) is 1. The van der Waals surface area contributed by atoms with E-state index in [4.69, 9.17) is 10.6 Å². The lowest BCUT2D eigenvalue weighted by Gasteiger charge is -2.43. The molecule has 45 heavy (non-hydrogen) atoms. The minimum Gasteiger partial charge on any atom is -0.478 e. The van der Waals surface area contributed by atoms with Gasteiger partial charge >= 0.3 is 16.3 Å². The van der Waals surface area contributed by atoms with Crippen LogP contribution >= 0.6 is 11.3 Å². The van der Waals surface area contributed by atoms with Gasteiger partial charge in [0.2, 0.25) is 11.5 Å². The number of oxime groups is 1. The van der Waals surface area contributed by atoms with Gasteiger partial charge in [-0.1, -0.05) is 10.4 Å². The van der Waals surface area contributed by atoms with Crippen LogP contribution in [0, 0.1) is 0 Å². The number of piperazine rings is 1. The van der Waals surface area contributed by atoms with Gasteiger partial charge in [-0.05, 0) is 20.9 Å². The van der Waals surface area contributed by atoms with Crippen molar-refractivity contribution < 1.29 is 42.1 Å². The van der Waals surface area contributed by atoms with E-state index in [-0.39, 0.29) is 40.7 Å². The lowest BCUT2D eigenvalue weighted by atomic mass is 9.98. The van der Waals surface area contributed by atoms with Gasteiger partial charge in [-0.15, -0.1) is 16.4 Å². The third-order valence-electron chi connectivity index (χ3n) is 6.95. The third-order valence-corrected chi connectivity index (χ3v) is 8.58. The number of nitrogens with zero attached hydrogens (tertiary/aromatic N) is 8. The minimum atomic E-state index is -5.03. The molecule has 0 bridgehead atoms. The molecule has 4 rings (SSSR count). The van der Waals surface area contributed by atoms with Crippen molar-refractivity contribution in [3.63, 3.8) is 0 Å². The monoisotopic (exact) mass is 671 g/mol. The summed E-state index contributed by atoms with van der Waals surface area (Å²) in [5.41, 5.74) is 3.51. The molecule has 0 aromatic carbocycles. The van der Waals surface area contributed by atoms with E-state index in [2.05, 4.69) is 36.0 Å². The highest BCUT2D eigenvalue weighted by atomic mass is 32.2. The van der Waals surface area contributed by atoms with Crippen LogP contribution in [0.4, 0.5) is 5.13 Å². The van der Waals surface area contributed by atoms with Crippen LogP contribution in [-0.2, 0) is 47.4 Å². The highest BCUT2D eigenvalue weighted by Crippen LogP contribution is 2.25. The fourth-order valence-electron chi connectivity index (χ4n) is 4.30. The van der Waals surface area contributed by atoms with Crippen molar-refractivity contribution in [1.29, 1.82) is 0 Å². The molecule has 2 aromatic rings. The maximum Gasteiger partial charge on any atom is 0.362 e. The molecule has 22 heteroatoms. The normalized spacial score (nSPS) is 20.0. The van der Waals surface area contributed by atoms with E-state index in [9.17, 15) is 37.3 Å². The molecule has 2 aromatic heterocycles. The molecular weight excluding hydrogens is 638 g/mol. The van der Waals surface area contributed by atoms with Gasteiger partial charge in [0.1, 0.15) is 17.4 Å². The van der Waals surface area contributed by atoms with Gasteiger partial charge in [0, 0.05) is 31.6 Å². The Hall–Kier alpha value is -4.25. The van der Waals surface area contributed by atoms with E-state index in [1.54, 1.807) is 0 Å². The second-order valence-corrected chi connectivity index (χ2v) is 13.0. The zero-order valence-corrected chi connectivity index (χ0v) is 26.1. The summed E-state index contributed by atoms with van der Waals surface area (Å²) in [5.74, 6) is -3.82. The summed E-state index contributed by atoms with van der Waals surface area (Å²) in [6.07, 6.45) is 1.41. The smallest absolute Gasteiger partial charge is 0.362 e. The number of carboxylic acids is 1. The maximum atomic E-state index is 13.2. The van der Waals surface area contributed by atoms with Crippen molar-refractivity contribution in [2.75, 3.05) is 45.5 Å². The average Bonchev–Trinajstić information content (AvgIpc) is 3.59. The van der Waals surface area contributed by atoms with E-state index >= 15 is 0 Å². The van der Waals surface area contributed by atoms with Crippen molar-refractivity contribution in [3.05, 3.63) is 23.0 Å². The second-order valence-electron chi connectivity index (χ2n) is 10.8. The first kappa shape index (κ1) is 33.6. The lowest BCUT2D eigenvalue weighted by Crippen LogP contribution is -2.73. The van der Waals surface area contributed by atoms with E-state index in [1.165, 1.54) is 30.1 Å². The number of carbonyl (C=O) groups is 4. The molecule has 2 atom stereocenters. The van der Waals surface area contributed by atoms with Gasteiger partial charge < -0.3 is 31.2 Å². The highest BCUT2D eigenvalue weighted by molar-refractivity contribution is 7.84. The molecule has 0 aliphatic carbocycles. The van der Waals surface area contributed by atoms with Crippen molar-refractivity contribution in [3.8, 4) is 0 Å². The van der Waals surface area contributed by atoms with Gasteiger partial charge in [-0.2, -0.15) is 8.42 Å². The summed E-state index contributed by atoms with van der Waals surface area (Å²) in [7, 11) is -3.02. The maximum absolute atomic E-state index is 13.2. The van der Waals surface area contributed by atoms with Crippen LogP contribution in [-0.4, -0.2) is 139 Å². The molecule has 2 aliphatic rings. The number of rotatable bonds is 13. The first-order valence-corrected chi connectivity index (χ1v) is 15.7. The Kier molecular flexibility index (Phi) is 10.0. The first-order valence-electron chi connectivity index (χ1n) is 13.4. The van der Waals surface area contributed by atoms with Gasteiger partial charge in [-0.3, -0.25) is 23.8 Å². The number of nitrogens with one attached hydrogen (secondary N) is 2. The molecule has 6 N–H and O–H groups in total. The fraction of sp³-hybridized carbons (Fsp3) is 0.565. The summed E-state index contributed by atoms with van der Waals surface area (Å²) in [6, 6.07) is -2.85. The largest absolute Gasteiger partial charge is 0.478 e. The number of aromatic nitrogens is 4. The van der Waals surface area contributed by atoms with Crippen LogP contribution in [0.1, 0.15) is 25.2 Å². The Labute approximate surface area is 261 Å². The van der Waals surface area contributed by atoms with Crippen LogP contribution in [0.15, 0.2) is 16.7 Å². The summed E-state index contributed by atoms with van der Waals surface area (Å²) in [4.78, 5) is 63.0. The number of hydrogen-bond donors (Lipinski definition) is 5. The van der Waals surface area contributed by atoms with Crippen LogP contribution in [0.3, 0.4) is 0 Å². The topological polar surface area (TPSA) is 268 Å². The number of anilines is 1. The van der Waals surface area contributed by atoms with E-state index in [0.717, 1.165) is 37.5 Å². The Morgan fingerprint density at radius 2 is 1.93 bits per heavy atom. The summed E-state index contributed by atoms with van der Waals surface area (Å²) < 4.78 is 35.0. The molecule has 2 unspecified atom stereocenters. The summed E-state index contributed by atoms with van der Waals surface area (Å²) in [6.45, 7) is 5.53. The number of aliphatic carboxylic acids is 1. The number of amides is 3. The first-order chi connectivity index (χ1) is 21.0. The fourth-order valence-corrected chi connectivity index (χ4v) is 5.72. The van der Waals surface area contributed by atoms with Gasteiger partial charge in [0.25, 0.3) is 11.8 Å². The second kappa shape index (κ2) is 13.4. The predicted molar refractivity (Wildman–Crippen MR) is 156 cm³/mol. The zero-order valence-electron chi connectivity index (χ0n) is 24.5. The predicted octanol–water partition coefficient (Wildman–Crippen LogP) is -3.04. The van der Waals surface area contributed by atoms with Gasteiger partial charge in [0.15, 0.2) is 10.8 Å². The van der Waals surface area contributed by atoms with Gasteiger partial charge in [-0.25, -0.2) is 18.8 Å². The molecule has 0 saturated carbocycles. The molecule has 2 aliphatic heterocycles. The van der Waals surface area contributed by atoms with Crippen LogP contribution < -0.4 is 16.4 Å². The number of likely N-dealkylation sites (N-methyl/N-ethyl adjacent to an activating group) is 1. The molecule has 246 valence electrons. The average molecular weight is 672 g/mol. The van der Waals surface area contributed by atoms with E-state index in [0.29, 0.717) is 5.69 Å². The van der Waals surface area contributed by atoms with Crippen molar-refractivity contribution in [2.45, 2.75) is 44.6 Å². The molecule has 2 fully saturated rings. The molecule has 20 nitrogen and oxygen atoms in total. The van der Waals surface area contributed by atoms with E-state index < -0.39 is 51.5 Å². The van der Waals surface area contributed by atoms with Crippen molar-refractivity contribution in [2.24, 2.45) is 5.16 Å². The Morgan fingerprint density at radius 1 is 1.24 bits per heavy atom. The standard InChI is InChI=1S/C23H33N11O9S2/c1-23(2,21(38)39)43-29-17(14-12-44-22(24)26-14)19(36)27-18-15(34(20(18)37)45(40,41)42)10-33-9-13(28-30-33)8-25-16(35)11-32-6-4-31(3)5-7-32/h9,12,15,18H,4-8,10-11H2,1-3H3,(H2,24,26)(H,25,35)(H,27,36)(H,38,39)(H,40,41,42). The third kappa shape index (κ3) is 8.27. The molecule has 0 spiro atoms. The number of β-lactam (4-membered cyclic amide) rings is 1. The molecule has 0 radical (unpaired) electrons. The molecule has 2 saturated heterocycles. The Morgan fingerprint density at radius 3 is 2.53 bits per heavy atom. The molecular formula is C23H33N11O9S2.